The fourth-order valence-corrected chi connectivity index (χ4v) is 2.33. The van der Waals surface area contributed by atoms with Gasteiger partial charge in [-0.3, -0.25) is 4.79 Å². The molecule has 0 aliphatic carbocycles. The molecule has 19 heavy (non-hydrogen) atoms. The minimum Gasteiger partial charge on any atom is -0.362 e. The number of nitrogens with one attached hydrogen (secondary N) is 1. The number of anilines is 1. The van der Waals surface area contributed by atoms with Crippen molar-refractivity contribution in [3.63, 3.8) is 0 Å². The van der Waals surface area contributed by atoms with Gasteiger partial charge in [0.2, 0.25) is 5.91 Å². The van der Waals surface area contributed by atoms with Gasteiger partial charge in [0.25, 0.3) is 0 Å². The largest absolute Gasteiger partial charge is 0.362 e. The fourth-order valence-electron chi connectivity index (χ4n) is 2.33. The zero-order valence-corrected chi connectivity index (χ0v) is 11.4. The molecule has 0 radical (unpaired) electrons. The van der Waals surface area contributed by atoms with Gasteiger partial charge >= 0.3 is 0 Å². The van der Waals surface area contributed by atoms with Crippen molar-refractivity contribution >= 4 is 11.6 Å². The van der Waals surface area contributed by atoms with E-state index in [1.54, 1.807) is 4.90 Å². The first-order chi connectivity index (χ1) is 9.10. The number of halogens is 1. The molecule has 1 amide bonds. The fraction of sp³-hybridized carbons (Fsp3) is 0.500. The maximum atomic E-state index is 13.6. The van der Waals surface area contributed by atoms with Crippen molar-refractivity contribution in [2.24, 2.45) is 0 Å². The maximum Gasteiger partial charge on any atom is 0.241 e. The summed E-state index contributed by atoms with van der Waals surface area (Å²) < 4.78 is 13.6. The number of benzene rings is 1. The van der Waals surface area contributed by atoms with Gasteiger partial charge in [-0.1, -0.05) is 0 Å². The van der Waals surface area contributed by atoms with Crippen LogP contribution in [-0.2, 0) is 11.3 Å². The van der Waals surface area contributed by atoms with E-state index in [-0.39, 0.29) is 11.7 Å². The van der Waals surface area contributed by atoms with E-state index in [0.29, 0.717) is 13.1 Å². The third-order valence-corrected chi connectivity index (χ3v) is 3.36. The van der Waals surface area contributed by atoms with E-state index in [1.165, 1.54) is 12.1 Å². The zero-order valence-electron chi connectivity index (χ0n) is 11.4. The molecule has 1 aliphatic rings. The van der Waals surface area contributed by atoms with E-state index in [1.807, 2.05) is 25.1 Å². The van der Waals surface area contributed by atoms with Gasteiger partial charge in [-0.2, -0.15) is 0 Å². The van der Waals surface area contributed by atoms with Gasteiger partial charge in [0.1, 0.15) is 5.82 Å². The number of rotatable bonds is 3. The average Bonchev–Trinajstić information content (AvgIpc) is 2.52. The molecule has 0 bridgehead atoms. The Kier molecular flexibility index (Phi) is 4.37. The van der Waals surface area contributed by atoms with Gasteiger partial charge < -0.3 is 15.1 Å². The highest BCUT2D eigenvalue weighted by Crippen LogP contribution is 2.20. The summed E-state index contributed by atoms with van der Waals surface area (Å²) in [7, 11) is 3.64. The molecule has 2 rings (SSSR count). The van der Waals surface area contributed by atoms with Crippen molar-refractivity contribution in [3.8, 4) is 0 Å². The zero-order chi connectivity index (χ0) is 13.8. The van der Waals surface area contributed by atoms with Crippen LogP contribution in [0.1, 0.15) is 12.0 Å². The number of carbonyl (C=O) groups is 1. The van der Waals surface area contributed by atoms with Crippen LogP contribution < -0.4 is 10.2 Å². The van der Waals surface area contributed by atoms with Crippen LogP contribution in [0.5, 0.6) is 0 Å². The first kappa shape index (κ1) is 13.8. The molecule has 1 aliphatic heterocycles. The number of hydrogen-bond acceptors (Lipinski definition) is 3. The smallest absolute Gasteiger partial charge is 0.241 e. The topological polar surface area (TPSA) is 35.6 Å². The number of likely N-dealkylation sites (N-methyl/N-ethyl adjacent to an activating group) is 1. The minimum absolute atomic E-state index is 0.0805. The third kappa shape index (κ3) is 3.44. The SMILES string of the molecule is CNCc1cc(F)cc(N2CCCN(C)C(=O)C2)c1. The number of nitrogens with zero attached hydrogens (tertiary/aromatic N) is 2. The molecule has 0 unspecified atom stereocenters. The Morgan fingerprint density at radius 2 is 2.11 bits per heavy atom. The Morgan fingerprint density at radius 1 is 1.32 bits per heavy atom. The van der Waals surface area contributed by atoms with Crippen molar-refractivity contribution in [1.82, 2.24) is 10.2 Å². The van der Waals surface area contributed by atoms with E-state index in [2.05, 4.69) is 5.32 Å². The second-order valence-electron chi connectivity index (χ2n) is 4.94. The standard InChI is InChI=1S/C14H20FN3O/c1-16-9-11-6-12(15)8-13(7-11)18-5-3-4-17(2)14(19)10-18/h6-8,16H,3-5,9-10H2,1-2H3. The quantitative estimate of drug-likeness (QED) is 0.892. The van der Waals surface area contributed by atoms with Crippen LogP contribution in [0.25, 0.3) is 0 Å². The maximum absolute atomic E-state index is 13.6. The molecule has 4 nitrogen and oxygen atoms in total. The van der Waals surface area contributed by atoms with Gasteiger partial charge in [0.05, 0.1) is 6.54 Å². The molecule has 0 spiro atoms. The Labute approximate surface area is 113 Å². The van der Waals surface area contributed by atoms with Crippen LogP contribution in [0.4, 0.5) is 10.1 Å². The first-order valence-electron chi connectivity index (χ1n) is 6.53. The molecule has 1 heterocycles. The van der Waals surface area contributed by atoms with Gasteiger partial charge in [-0.15, -0.1) is 0 Å². The van der Waals surface area contributed by atoms with E-state index in [0.717, 1.165) is 30.8 Å². The Balaban J connectivity index is 2.22. The van der Waals surface area contributed by atoms with Crippen LogP contribution in [0.2, 0.25) is 0 Å². The van der Waals surface area contributed by atoms with Crippen molar-refractivity contribution in [2.75, 3.05) is 38.6 Å². The summed E-state index contributed by atoms with van der Waals surface area (Å²) in [5, 5.41) is 3.01. The lowest BCUT2D eigenvalue weighted by atomic mass is 10.1. The summed E-state index contributed by atoms with van der Waals surface area (Å²) in [4.78, 5) is 15.6. The Hall–Kier alpha value is -1.62. The van der Waals surface area contributed by atoms with Crippen LogP contribution in [-0.4, -0.2) is 44.5 Å². The molecule has 5 heteroatoms. The second-order valence-corrected chi connectivity index (χ2v) is 4.94. The lowest BCUT2D eigenvalue weighted by Crippen LogP contribution is -2.34. The summed E-state index contributed by atoms with van der Waals surface area (Å²) >= 11 is 0. The van der Waals surface area contributed by atoms with Crippen LogP contribution in [0.15, 0.2) is 18.2 Å². The molecule has 0 atom stereocenters. The van der Waals surface area contributed by atoms with E-state index >= 15 is 0 Å². The Bertz CT molecular complexity index is 464. The highest BCUT2D eigenvalue weighted by Gasteiger charge is 2.19. The monoisotopic (exact) mass is 265 g/mol. The molecular weight excluding hydrogens is 245 g/mol. The average molecular weight is 265 g/mol. The molecule has 1 N–H and O–H groups in total. The number of amides is 1. The summed E-state index contributed by atoms with van der Waals surface area (Å²) in [6, 6.07) is 4.96. The molecular formula is C14H20FN3O. The first-order valence-corrected chi connectivity index (χ1v) is 6.53. The molecule has 1 aromatic rings. The normalized spacial score (nSPS) is 16.7. The summed E-state index contributed by atoms with van der Waals surface area (Å²) in [5.41, 5.74) is 1.68. The van der Waals surface area contributed by atoms with Gasteiger partial charge in [0.15, 0.2) is 0 Å². The van der Waals surface area contributed by atoms with Gasteiger partial charge in [-0.25, -0.2) is 4.39 Å². The van der Waals surface area contributed by atoms with Gasteiger partial charge in [-0.05, 0) is 37.2 Å². The van der Waals surface area contributed by atoms with Crippen molar-refractivity contribution < 1.29 is 9.18 Å². The van der Waals surface area contributed by atoms with Crippen molar-refractivity contribution in [3.05, 3.63) is 29.6 Å². The van der Waals surface area contributed by atoms with E-state index in [4.69, 9.17) is 0 Å². The molecule has 0 saturated carbocycles. The second kappa shape index (κ2) is 6.02. The predicted molar refractivity (Wildman–Crippen MR) is 73.6 cm³/mol. The highest BCUT2D eigenvalue weighted by atomic mass is 19.1. The molecule has 1 fully saturated rings. The predicted octanol–water partition coefficient (Wildman–Crippen LogP) is 1.21. The molecule has 1 aromatic carbocycles. The van der Waals surface area contributed by atoms with Gasteiger partial charge in [0, 0.05) is 32.4 Å². The minimum atomic E-state index is -0.257. The molecule has 1 saturated heterocycles. The van der Waals surface area contributed by atoms with Crippen LogP contribution in [0, 0.1) is 5.82 Å². The van der Waals surface area contributed by atoms with Crippen molar-refractivity contribution in [2.45, 2.75) is 13.0 Å². The summed E-state index contributed by atoms with van der Waals surface area (Å²) in [6.07, 6.45) is 0.903. The van der Waals surface area contributed by atoms with Crippen molar-refractivity contribution in [1.29, 1.82) is 0 Å². The number of hydrogen-bond donors (Lipinski definition) is 1. The Morgan fingerprint density at radius 3 is 2.84 bits per heavy atom. The summed E-state index contributed by atoms with van der Waals surface area (Å²) in [5.74, 6) is -0.176. The summed E-state index contributed by atoms with van der Waals surface area (Å²) in [6.45, 7) is 2.47. The van der Waals surface area contributed by atoms with Crippen LogP contribution >= 0.6 is 0 Å². The lowest BCUT2D eigenvalue weighted by Gasteiger charge is -2.22. The molecule has 0 aromatic heterocycles. The molecule has 104 valence electrons. The lowest BCUT2D eigenvalue weighted by molar-refractivity contribution is -0.127. The third-order valence-electron chi connectivity index (χ3n) is 3.36. The van der Waals surface area contributed by atoms with E-state index < -0.39 is 0 Å². The van der Waals surface area contributed by atoms with Crippen LogP contribution in [0.3, 0.4) is 0 Å². The van der Waals surface area contributed by atoms with E-state index in [9.17, 15) is 9.18 Å². The number of carbonyl (C=O) groups excluding carboxylic acids is 1. The highest BCUT2D eigenvalue weighted by molar-refractivity contribution is 5.81.